The highest BCUT2D eigenvalue weighted by atomic mass is 16.5. The second kappa shape index (κ2) is 4.25. The Morgan fingerprint density at radius 1 is 1.29 bits per heavy atom. The standard InChI is InChI=1S/C15H23NO/c1-10(2)14-9-16-12-8-11(15(3,4)5)6-7-13(12)17-14/h6-8,10,14,16H,9H2,1-5H3. The van der Waals surface area contributed by atoms with Crippen LogP contribution in [0.25, 0.3) is 0 Å². The van der Waals surface area contributed by atoms with Gasteiger partial charge in [-0.05, 0) is 29.0 Å². The number of ether oxygens (including phenoxy) is 1. The van der Waals surface area contributed by atoms with E-state index in [1.807, 2.05) is 0 Å². The van der Waals surface area contributed by atoms with Gasteiger partial charge in [0.15, 0.2) is 0 Å². The lowest BCUT2D eigenvalue weighted by Gasteiger charge is -2.31. The van der Waals surface area contributed by atoms with Crippen molar-refractivity contribution >= 4 is 5.69 Å². The monoisotopic (exact) mass is 233 g/mol. The van der Waals surface area contributed by atoms with E-state index in [1.165, 1.54) is 5.56 Å². The molecule has 0 aliphatic carbocycles. The van der Waals surface area contributed by atoms with Crippen molar-refractivity contribution in [1.29, 1.82) is 0 Å². The Morgan fingerprint density at radius 2 is 2.00 bits per heavy atom. The fourth-order valence-corrected chi connectivity index (χ4v) is 2.02. The van der Waals surface area contributed by atoms with Gasteiger partial charge in [-0.25, -0.2) is 0 Å². The summed E-state index contributed by atoms with van der Waals surface area (Å²) in [5, 5.41) is 3.48. The van der Waals surface area contributed by atoms with Gasteiger partial charge in [0, 0.05) is 0 Å². The van der Waals surface area contributed by atoms with Crippen LogP contribution in [0, 0.1) is 5.92 Å². The zero-order chi connectivity index (χ0) is 12.6. The topological polar surface area (TPSA) is 21.3 Å². The molecule has 1 heterocycles. The minimum Gasteiger partial charge on any atom is -0.486 e. The number of hydrogen-bond donors (Lipinski definition) is 1. The summed E-state index contributed by atoms with van der Waals surface area (Å²) in [5.41, 5.74) is 2.66. The molecule has 1 unspecified atom stereocenters. The van der Waals surface area contributed by atoms with Crippen LogP contribution in [0.15, 0.2) is 18.2 Å². The zero-order valence-corrected chi connectivity index (χ0v) is 11.5. The lowest BCUT2D eigenvalue weighted by atomic mass is 9.86. The van der Waals surface area contributed by atoms with Gasteiger partial charge < -0.3 is 10.1 Å². The second-order valence-electron chi connectivity index (χ2n) is 6.24. The molecule has 94 valence electrons. The summed E-state index contributed by atoms with van der Waals surface area (Å²) in [6.07, 6.45) is 0.281. The van der Waals surface area contributed by atoms with Crippen LogP contribution >= 0.6 is 0 Å². The SMILES string of the molecule is CC(C)C1CNc2cc(C(C)(C)C)ccc2O1. The quantitative estimate of drug-likeness (QED) is 0.796. The summed E-state index contributed by atoms with van der Waals surface area (Å²) in [6, 6.07) is 6.48. The number of anilines is 1. The highest BCUT2D eigenvalue weighted by Crippen LogP contribution is 2.34. The molecule has 1 aliphatic rings. The smallest absolute Gasteiger partial charge is 0.142 e. The predicted octanol–water partition coefficient (Wildman–Crippen LogP) is 3.81. The number of fused-ring (bicyclic) bond motifs is 1. The molecule has 0 amide bonds. The Hall–Kier alpha value is -1.18. The normalized spacial score (nSPS) is 19.5. The van der Waals surface area contributed by atoms with E-state index in [1.54, 1.807) is 0 Å². The van der Waals surface area contributed by atoms with E-state index in [0.29, 0.717) is 5.92 Å². The van der Waals surface area contributed by atoms with E-state index in [-0.39, 0.29) is 11.5 Å². The fourth-order valence-electron chi connectivity index (χ4n) is 2.02. The van der Waals surface area contributed by atoms with Crippen molar-refractivity contribution in [3.05, 3.63) is 23.8 Å². The highest BCUT2D eigenvalue weighted by Gasteiger charge is 2.23. The lowest BCUT2D eigenvalue weighted by molar-refractivity contribution is 0.156. The van der Waals surface area contributed by atoms with Gasteiger partial charge in [0.25, 0.3) is 0 Å². The van der Waals surface area contributed by atoms with Crippen molar-refractivity contribution in [2.75, 3.05) is 11.9 Å². The van der Waals surface area contributed by atoms with Gasteiger partial charge >= 0.3 is 0 Å². The number of hydrogen-bond acceptors (Lipinski definition) is 2. The van der Waals surface area contributed by atoms with Crippen molar-refractivity contribution in [2.45, 2.75) is 46.1 Å². The number of nitrogens with one attached hydrogen (secondary N) is 1. The van der Waals surface area contributed by atoms with E-state index in [9.17, 15) is 0 Å². The van der Waals surface area contributed by atoms with E-state index in [0.717, 1.165) is 18.0 Å². The molecule has 0 fully saturated rings. The van der Waals surface area contributed by atoms with Crippen LogP contribution in [0.3, 0.4) is 0 Å². The molecule has 0 radical (unpaired) electrons. The highest BCUT2D eigenvalue weighted by molar-refractivity contribution is 5.60. The molecule has 1 aliphatic heterocycles. The molecule has 0 bridgehead atoms. The van der Waals surface area contributed by atoms with Gasteiger partial charge in [-0.15, -0.1) is 0 Å². The summed E-state index contributed by atoms with van der Waals surface area (Å²) in [4.78, 5) is 0. The lowest BCUT2D eigenvalue weighted by Crippen LogP contribution is -2.35. The van der Waals surface area contributed by atoms with Gasteiger partial charge in [-0.3, -0.25) is 0 Å². The van der Waals surface area contributed by atoms with Gasteiger partial charge in [0.05, 0.1) is 12.2 Å². The van der Waals surface area contributed by atoms with Crippen molar-refractivity contribution in [3.8, 4) is 5.75 Å². The van der Waals surface area contributed by atoms with Gasteiger partial charge in [0.1, 0.15) is 11.9 Å². The maximum atomic E-state index is 6.00. The number of benzene rings is 1. The van der Waals surface area contributed by atoms with Crippen molar-refractivity contribution < 1.29 is 4.74 Å². The van der Waals surface area contributed by atoms with Gasteiger partial charge in [-0.2, -0.15) is 0 Å². The molecule has 1 aromatic rings. The molecule has 0 saturated carbocycles. The molecule has 1 N–H and O–H groups in total. The van der Waals surface area contributed by atoms with Crippen molar-refractivity contribution in [2.24, 2.45) is 5.92 Å². The van der Waals surface area contributed by atoms with Crippen LogP contribution in [0.1, 0.15) is 40.2 Å². The van der Waals surface area contributed by atoms with Gasteiger partial charge in [0.2, 0.25) is 0 Å². The van der Waals surface area contributed by atoms with E-state index in [2.05, 4.69) is 58.1 Å². The average Bonchev–Trinajstić information content (AvgIpc) is 2.26. The van der Waals surface area contributed by atoms with Crippen LogP contribution in [0.2, 0.25) is 0 Å². The van der Waals surface area contributed by atoms with Crippen LogP contribution in [-0.2, 0) is 5.41 Å². The number of rotatable bonds is 1. The zero-order valence-electron chi connectivity index (χ0n) is 11.5. The third-order valence-corrected chi connectivity index (χ3v) is 3.36. The van der Waals surface area contributed by atoms with Crippen LogP contribution in [0.5, 0.6) is 5.75 Å². The Morgan fingerprint density at radius 3 is 2.59 bits per heavy atom. The summed E-state index contributed by atoms with van der Waals surface area (Å²) < 4.78 is 6.00. The van der Waals surface area contributed by atoms with E-state index >= 15 is 0 Å². The largest absolute Gasteiger partial charge is 0.486 e. The first kappa shape index (κ1) is 12.3. The van der Waals surface area contributed by atoms with Gasteiger partial charge in [-0.1, -0.05) is 40.7 Å². The maximum Gasteiger partial charge on any atom is 0.142 e. The molecule has 0 spiro atoms. The molecule has 0 aromatic heterocycles. The third-order valence-electron chi connectivity index (χ3n) is 3.36. The van der Waals surface area contributed by atoms with E-state index in [4.69, 9.17) is 4.74 Å². The van der Waals surface area contributed by atoms with Crippen LogP contribution < -0.4 is 10.1 Å². The van der Waals surface area contributed by atoms with Crippen LogP contribution in [-0.4, -0.2) is 12.6 Å². The fraction of sp³-hybridized carbons (Fsp3) is 0.600. The Bertz CT molecular complexity index is 404. The minimum atomic E-state index is 0.186. The molecule has 1 atom stereocenters. The molecule has 2 nitrogen and oxygen atoms in total. The third kappa shape index (κ3) is 2.56. The van der Waals surface area contributed by atoms with Crippen molar-refractivity contribution in [3.63, 3.8) is 0 Å². The molecule has 17 heavy (non-hydrogen) atoms. The summed E-state index contributed by atoms with van der Waals surface area (Å²) in [5.74, 6) is 1.53. The summed E-state index contributed by atoms with van der Waals surface area (Å²) in [6.45, 7) is 12.0. The Balaban J connectivity index is 2.26. The van der Waals surface area contributed by atoms with Crippen LogP contribution in [0.4, 0.5) is 5.69 Å². The minimum absolute atomic E-state index is 0.186. The maximum absolute atomic E-state index is 6.00. The second-order valence-corrected chi connectivity index (χ2v) is 6.24. The first-order chi connectivity index (χ1) is 7.88. The van der Waals surface area contributed by atoms with E-state index < -0.39 is 0 Å². The first-order valence-corrected chi connectivity index (χ1v) is 6.43. The molecule has 0 saturated heterocycles. The summed E-state index contributed by atoms with van der Waals surface area (Å²) >= 11 is 0. The molecule has 2 heteroatoms. The molecule has 1 aromatic carbocycles. The molecular formula is C15H23NO. The molecule has 2 rings (SSSR count). The van der Waals surface area contributed by atoms with Crippen molar-refractivity contribution in [1.82, 2.24) is 0 Å². The Labute approximate surface area is 104 Å². The Kier molecular flexibility index (Phi) is 3.07. The molecular weight excluding hydrogens is 210 g/mol. The average molecular weight is 233 g/mol. The summed E-state index contributed by atoms with van der Waals surface area (Å²) in [7, 11) is 0. The first-order valence-electron chi connectivity index (χ1n) is 6.43. The predicted molar refractivity (Wildman–Crippen MR) is 72.9 cm³/mol.